The highest BCUT2D eigenvalue weighted by molar-refractivity contribution is 7.82. The molecule has 0 aliphatic heterocycles. The fourth-order valence-corrected chi connectivity index (χ4v) is 10.4. The number of ketones is 2. The molecule has 2 aliphatic carbocycles. The summed E-state index contributed by atoms with van der Waals surface area (Å²) in [5, 5.41) is 5.56. The lowest BCUT2D eigenvalue weighted by Crippen LogP contribution is -2.18. The molecule has 0 bridgehead atoms. The third kappa shape index (κ3) is 5.07. The topological polar surface area (TPSA) is 34.1 Å². The van der Waals surface area contributed by atoms with Gasteiger partial charge in [0.05, 0.1) is 5.57 Å². The molecule has 0 unspecified atom stereocenters. The second kappa shape index (κ2) is 11.4. The van der Waals surface area contributed by atoms with Gasteiger partial charge < -0.3 is 0 Å². The number of benzene rings is 4. The number of rotatable bonds is 7. The Morgan fingerprint density at radius 3 is 1.18 bits per heavy atom. The van der Waals surface area contributed by atoms with Gasteiger partial charge in [-0.1, -0.05) is 140 Å². The molecule has 4 aromatic carbocycles. The summed E-state index contributed by atoms with van der Waals surface area (Å²) in [6.07, 6.45) is 8.57. The van der Waals surface area contributed by atoms with E-state index in [0.717, 1.165) is 33.2 Å². The predicted octanol–water partition coefficient (Wildman–Crippen LogP) is 6.43. The van der Waals surface area contributed by atoms with E-state index < -0.39 is 15.8 Å². The van der Waals surface area contributed by atoms with Gasteiger partial charge in [0.15, 0.2) is 11.6 Å². The molecule has 0 aromatic heterocycles. The SMILES string of the molecule is O=C1C(=CC2=CC=CC2)C(=O)C(P(c2ccccc2)c2ccccc2)=C1P(c1ccccc1)c1ccccc1. The quantitative estimate of drug-likeness (QED) is 0.154. The van der Waals surface area contributed by atoms with Gasteiger partial charge in [-0.25, -0.2) is 0 Å². The van der Waals surface area contributed by atoms with Crippen molar-refractivity contribution in [2.45, 2.75) is 6.42 Å². The maximum Gasteiger partial charge on any atom is 0.198 e. The zero-order chi connectivity index (χ0) is 26.6. The molecule has 2 aliphatic rings. The molecule has 39 heavy (non-hydrogen) atoms. The summed E-state index contributed by atoms with van der Waals surface area (Å²) in [6.45, 7) is 0. The van der Waals surface area contributed by atoms with Crippen LogP contribution in [0.2, 0.25) is 0 Å². The first-order valence-corrected chi connectivity index (χ1v) is 15.6. The van der Waals surface area contributed by atoms with Crippen molar-refractivity contribution in [3.8, 4) is 0 Å². The van der Waals surface area contributed by atoms with Crippen LogP contribution in [0, 0.1) is 0 Å². The summed E-state index contributed by atoms with van der Waals surface area (Å²) in [5.41, 5.74) is 1.27. The largest absolute Gasteiger partial charge is 0.288 e. The Bertz CT molecular complexity index is 1450. The maximum atomic E-state index is 14.5. The molecule has 4 aromatic rings. The van der Waals surface area contributed by atoms with Crippen molar-refractivity contribution in [2.24, 2.45) is 0 Å². The van der Waals surface area contributed by atoms with Crippen LogP contribution >= 0.6 is 15.8 Å². The molecule has 6 rings (SSSR count). The molecule has 0 atom stereocenters. The Labute approximate surface area is 231 Å². The van der Waals surface area contributed by atoms with E-state index in [-0.39, 0.29) is 17.1 Å². The van der Waals surface area contributed by atoms with Crippen LogP contribution in [0.1, 0.15) is 6.42 Å². The highest BCUT2D eigenvalue weighted by atomic mass is 31.1. The Hall–Kier alpha value is -3.96. The fourth-order valence-electron chi connectivity index (χ4n) is 5.00. The first kappa shape index (κ1) is 25.3. The summed E-state index contributed by atoms with van der Waals surface area (Å²) in [4.78, 5) is 29.0. The average molecular weight is 541 g/mol. The van der Waals surface area contributed by atoms with Crippen LogP contribution in [-0.4, -0.2) is 11.6 Å². The van der Waals surface area contributed by atoms with E-state index in [1.54, 1.807) is 0 Å². The molecule has 0 heterocycles. The Morgan fingerprint density at radius 1 is 0.513 bits per heavy atom. The van der Waals surface area contributed by atoms with Gasteiger partial charge in [-0.05, 0) is 55.1 Å². The van der Waals surface area contributed by atoms with Gasteiger partial charge in [0.1, 0.15) is 0 Å². The van der Waals surface area contributed by atoms with E-state index in [0.29, 0.717) is 10.6 Å². The highest BCUT2D eigenvalue weighted by Gasteiger charge is 2.44. The minimum Gasteiger partial charge on any atom is -0.288 e. The summed E-state index contributed by atoms with van der Waals surface area (Å²) < 4.78 is 0. The first-order valence-electron chi connectivity index (χ1n) is 12.9. The van der Waals surface area contributed by atoms with E-state index in [2.05, 4.69) is 48.5 Å². The van der Waals surface area contributed by atoms with Gasteiger partial charge in [-0.2, -0.15) is 0 Å². The third-order valence-corrected chi connectivity index (χ3v) is 12.0. The van der Waals surface area contributed by atoms with Crippen LogP contribution in [0.3, 0.4) is 0 Å². The minimum absolute atomic E-state index is 0.138. The van der Waals surface area contributed by atoms with Crippen molar-refractivity contribution < 1.29 is 9.59 Å². The lowest BCUT2D eigenvalue weighted by Gasteiger charge is -2.25. The third-order valence-electron chi connectivity index (χ3n) is 6.78. The lowest BCUT2D eigenvalue weighted by atomic mass is 10.1. The van der Waals surface area contributed by atoms with Gasteiger partial charge in [0, 0.05) is 10.6 Å². The molecule has 0 amide bonds. The molecule has 0 spiro atoms. The average Bonchev–Trinajstić information content (AvgIpc) is 3.59. The molecule has 4 heteroatoms. The second-order valence-corrected chi connectivity index (χ2v) is 13.6. The van der Waals surface area contributed by atoms with Crippen LogP contribution in [0.5, 0.6) is 0 Å². The van der Waals surface area contributed by atoms with Gasteiger partial charge in [-0.3, -0.25) is 9.59 Å². The standard InChI is InChI=1S/C35H26O2P2/c36-32-31(25-26-15-13-14-16-26)33(37)35(39(29-21-9-3-10-22-29)30-23-11-4-12-24-30)34(32)38(27-17-5-1-6-18-27)28-19-7-2-8-20-28/h1-15,17-25H,16H2. The number of hydrogen-bond donors (Lipinski definition) is 0. The van der Waals surface area contributed by atoms with Crippen LogP contribution in [0.25, 0.3) is 0 Å². The minimum atomic E-state index is -1.27. The number of Topliss-reactive ketones (excluding diaryl/α,β-unsaturated/α-hetero) is 2. The molecule has 0 saturated heterocycles. The maximum absolute atomic E-state index is 14.5. The lowest BCUT2D eigenvalue weighted by molar-refractivity contribution is -0.115. The zero-order valence-corrected chi connectivity index (χ0v) is 23.1. The summed E-state index contributed by atoms with van der Waals surface area (Å²) in [5.74, 6) is -0.276. The van der Waals surface area contributed by atoms with E-state index in [9.17, 15) is 9.59 Å². The Balaban J connectivity index is 1.65. The number of allylic oxidation sites excluding steroid dienone is 8. The molecule has 188 valence electrons. The molecule has 0 N–H and O–H groups in total. The first-order chi connectivity index (χ1) is 19.2. The summed E-state index contributed by atoms with van der Waals surface area (Å²) >= 11 is 0. The van der Waals surface area contributed by atoms with Gasteiger partial charge in [-0.15, -0.1) is 0 Å². The van der Waals surface area contributed by atoms with Crippen LogP contribution < -0.4 is 21.2 Å². The predicted molar refractivity (Wildman–Crippen MR) is 165 cm³/mol. The summed E-state index contributed by atoms with van der Waals surface area (Å²) in [7, 11) is -2.53. The molecular weight excluding hydrogens is 514 g/mol. The van der Waals surface area contributed by atoms with Gasteiger partial charge >= 0.3 is 0 Å². The van der Waals surface area contributed by atoms with Crippen LogP contribution in [0.15, 0.2) is 167 Å². The Kier molecular flexibility index (Phi) is 7.42. The van der Waals surface area contributed by atoms with Crippen molar-refractivity contribution in [1.29, 1.82) is 0 Å². The number of carbonyl (C=O) groups is 2. The van der Waals surface area contributed by atoms with Crippen LogP contribution in [-0.2, 0) is 9.59 Å². The van der Waals surface area contributed by atoms with E-state index in [4.69, 9.17) is 0 Å². The van der Waals surface area contributed by atoms with Gasteiger partial charge in [0.2, 0.25) is 0 Å². The van der Waals surface area contributed by atoms with Crippen molar-refractivity contribution in [2.75, 3.05) is 0 Å². The normalized spacial score (nSPS) is 15.0. The molecule has 0 radical (unpaired) electrons. The highest BCUT2D eigenvalue weighted by Crippen LogP contribution is 2.58. The van der Waals surface area contributed by atoms with Gasteiger partial charge in [0.25, 0.3) is 0 Å². The van der Waals surface area contributed by atoms with E-state index in [1.165, 1.54) is 0 Å². The van der Waals surface area contributed by atoms with Crippen molar-refractivity contribution in [3.05, 3.63) is 167 Å². The smallest absolute Gasteiger partial charge is 0.198 e. The number of hydrogen-bond acceptors (Lipinski definition) is 2. The Morgan fingerprint density at radius 2 is 0.872 bits per heavy atom. The second-order valence-electron chi connectivity index (χ2n) is 9.30. The van der Waals surface area contributed by atoms with Crippen molar-refractivity contribution >= 4 is 48.6 Å². The van der Waals surface area contributed by atoms with Crippen molar-refractivity contribution in [1.82, 2.24) is 0 Å². The summed E-state index contributed by atoms with van der Waals surface area (Å²) in [6, 6.07) is 40.7. The molecular formula is C35H26O2P2. The molecule has 0 saturated carbocycles. The molecule has 2 nitrogen and oxygen atoms in total. The van der Waals surface area contributed by atoms with Crippen LogP contribution in [0.4, 0.5) is 0 Å². The fraction of sp³-hybridized carbons (Fsp3) is 0.0286. The van der Waals surface area contributed by atoms with Crippen molar-refractivity contribution in [3.63, 3.8) is 0 Å². The molecule has 0 fully saturated rings. The van der Waals surface area contributed by atoms with E-state index in [1.807, 2.05) is 97.1 Å². The monoisotopic (exact) mass is 540 g/mol. The zero-order valence-electron chi connectivity index (χ0n) is 21.3. The number of carbonyl (C=O) groups excluding carboxylic acids is 2. The van der Waals surface area contributed by atoms with E-state index >= 15 is 0 Å².